The standard InChI is InChI=1S/C11H9ClN2O2/c1-6-9(11(15)16)10(14-13-6)7-3-2-4-8(12)5-7/h2-5H,1H3,(H,13,14)(H,15,16). The fourth-order valence-corrected chi connectivity index (χ4v) is 1.73. The molecule has 0 bridgehead atoms. The third-order valence-electron chi connectivity index (χ3n) is 2.26. The number of halogens is 1. The van der Waals surface area contributed by atoms with Gasteiger partial charge in [0.2, 0.25) is 0 Å². The molecular weight excluding hydrogens is 228 g/mol. The highest BCUT2D eigenvalue weighted by atomic mass is 35.5. The summed E-state index contributed by atoms with van der Waals surface area (Å²) in [5.74, 6) is -0.999. The maximum Gasteiger partial charge on any atom is 0.339 e. The van der Waals surface area contributed by atoms with Crippen molar-refractivity contribution < 1.29 is 9.90 Å². The Morgan fingerprint density at radius 1 is 1.50 bits per heavy atom. The molecule has 2 aromatic rings. The molecule has 0 unspecified atom stereocenters. The smallest absolute Gasteiger partial charge is 0.339 e. The number of aromatic carboxylic acids is 1. The lowest BCUT2D eigenvalue weighted by molar-refractivity contribution is 0.0697. The molecule has 82 valence electrons. The second kappa shape index (κ2) is 3.98. The molecule has 0 aliphatic carbocycles. The Morgan fingerprint density at radius 2 is 2.25 bits per heavy atom. The molecule has 0 aliphatic heterocycles. The number of hydrogen-bond acceptors (Lipinski definition) is 2. The van der Waals surface area contributed by atoms with Gasteiger partial charge in [-0.3, -0.25) is 5.10 Å². The summed E-state index contributed by atoms with van der Waals surface area (Å²) in [6.07, 6.45) is 0. The molecular formula is C11H9ClN2O2. The van der Waals surface area contributed by atoms with Crippen LogP contribution < -0.4 is 0 Å². The van der Waals surface area contributed by atoms with E-state index in [4.69, 9.17) is 16.7 Å². The number of carbonyl (C=O) groups is 1. The van der Waals surface area contributed by atoms with E-state index < -0.39 is 5.97 Å². The van der Waals surface area contributed by atoms with E-state index in [2.05, 4.69) is 10.2 Å². The van der Waals surface area contributed by atoms with Crippen molar-refractivity contribution >= 4 is 17.6 Å². The van der Waals surface area contributed by atoms with Gasteiger partial charge in [-0.25, -0.2) is 4.79 Å². The predicted octanol–water partition coefficient (Wildman–Crippen LogP) is 2.74. The molecule has 0 saturated heterocycles. The van der Waals surface area contributed by atoms with Crippen LogP contribution in [0.4, 0.5) is 0 Å². The highest BCUT2D eigenvalue weighted by Gasteiger charge is 2.18. The van der Waals surface area contributed by atoms with Crippen LogP contribution in [-0.2, 0) is 0 Å². The Morgan fingerprint density at radius 3 is 2.88 bits per heavy atom. The molecule has 1 aromatic carbocycles. The minimum atomic E-state index is -0.999. The molecule has 5 heteroatoms. The zero-order valence-corrected chi connectivity index (χ0v) is 9.25. The van der Waals surface area contributed by atoms with E-state index in [1.807, 2.05) is 0 Å². The van der Waals surface area contributed by atoms with E-state index in [1.54, 1.807) is 31.2 Å². The fourth-order valence-electron chi connectivity index (χ4n) is 1.54. The molecule has 0 saturated carbocycles. The van der Waals surface area contributed by atoms with Crippen molar-refractivity contribution in [3.63, 3.8) is 0 Å². The number of aryl methyl sites for hydroxylation is 1. The van der Waals surface area contributed by atoms with Crippen LogP contribution in [0.5, 0.6) is 0 Å². The molecule has 2 rings (SSSR count). The van der Waals surface area contributed by atoms with Gasteiger partial charge in [-0.1, -0.05) is 23.7 Å². The van der Waals surface area contributed by atoms with Crippen molar-refractivity contribution in [3.8, 4) is 11.3 Å². The monoisotopic (exact) mass is 236 g/mol. The molecule has 1 heterocycles. The first-order valence-electron chi connectivity index (χ1n) is 4.64. The SMILES string of the molecule is Cc1[nH]nc(-c2cccc(Cl)c2)c1C(=O)O. The van der Waals surface area contributed by atoms with E-state index in [-0.39, 0.29) is 5.56 Å². The van der Waals surface area contributed by atoms with Gasteiger partial charge in [0.15, 0.2) is 0 Å². The van der Waals surface area contributed by atoms with E-state index in [0.29, 0.717) is 22.0 Å². The summed E-state index contributed by atoms with van der Waals surface area (Å²) in [7, 11) is 0. The first-order chi connectivity index (χ1) is 7.59. The minimum Gasteiger partial charge on any atom is -0.478 e. The number of hydrogen-bond donors (Lipinski definition) is 2. The summed E-state index contributed by atoms with van der Waals surface area (Å²) in [5, 5.41) is 16.3. The molecule has 0 spiro atoms. The first kappa shape index (κ1) is 10.7. The van der Waals surface area contributed by atoms with Crippen molar-refractivity contribution in [2.75, 3.05) is 0 Å². The van der Waals surface area contributed by atoms with Crippen LogP contribution in [0.2, 0.25) is 5.02 Å². The number of rotatable bonds is 2. The lowest BCUT2D eigenvalue weighted by Crippen LogP contribution is -1.99. The van der Waals surface area contributed by atoms with Gasteiger partial charge in [-0.2, -0.15) is 5.10 Å². The van der Waals surface area contributed by atoms with E-state index >= 15 is 0 Å². The summed E-state index contributed by atoms with van der Waals surface area (Å²) >= 11 is 5.85. The quantitative estimate of drug-likeness (QED) is 0.843. The molecule has 0 aliphatic rings. The van der Waals surface area contributed by atoms with Gasteiger partial charge in [0.1, 0.15) is 11.3 Å². The minimum absolute atomic E-state index is 0.183. The molecule has 4 nitrogen and oxygen atoms in total. The fraction of sp³-hybridized carbons (Fsp3) is 0.0909. The lowest BCUT2D eigenvalue weighted by Gasteiger charge is -1.99. The van der Waals surface area contributed by atoms with Gasteiger partial charge < -0.3 is 5.11 Å². The van der Waals surface area contributed by atoms with Gasteiger partial charge in [-0.15, -0.1) is 0 Å². The van der Waals surface area contributed by atoms with Crippen LogP contribution in [0, 0.1) is 6.92 Å². The van der Waals surface area contributed by atoms with E-state index in [0.717, 1.165) is 0 Å². The maximum absolute atomic E-state index is 11.1. The highest BCUT2D eigenvalue weighted by molar-refractivity contribution is 6.30. The summed E-state index contributed by atoms with van der Waals surface area (Å²) in [4.78, 5) is 11.1. The summed E-state index contributed by atoms with van der Waals surface area (Å²) in [6.45, 7) is 1.67. The predicted molar refractivity (Wildman–Crippen MR) is 60.7 cm³/mol. The molecule has 1 aromatic heterocycles. The van der Waals surface area contributed by atoms with Gasteiger partial charge in [0.25, 0.3) is 0 Å². The average Bonchev–Trinajstić information content (AvgIpc) is 2.60. The van der Waals surface area contributed by atoms with Crippen molar-refractivity contribution in [3.05, 3.63) is 40.5 Å². The van der Waals surface area contributed by atoms with Crippen LogP contribution in [0.25, 0.3) is 11.3 Å². The molecule has 2 N–H and O–H groups in total. The number of benzene rings is 1. The van der Waals surface area contributed by atoms with Crippen LogP contribution in [0.1, 0.15) is 16.1 Å². The Labute approximate surface area is 96.9 Å². The molecule has 0 radical (unpaired) electrons. The summed E-state index contributed by atoms with van der Waals surface area (Å²) in [5.41, 5.74) is 1.81. The largest absolute Gasteiger partial charge is 0.478 e. The number of aromatic amines is 1. The number of carboxylic acids is 1. The van der Waals surface area contributed by atoms with E-state index in [1.165, 1.54) is 0 Å². The topological polar surface area (TPSA) is 66.0 Å². The third-order valence-corrected chi connectivity index (χ3v) is 2.49. The first-order valence-corrected chi connectivity index (χ1v) is 5.01. The number of aromatic nitrogens is 2. The van der Waals surface area contributed by atoms with Crippen LogP contribution in [0.15, 0.2) is 24.3 Å². The number of H-pyrrole nitrogens is 1. The Hall–Kier alpha value is -1.81. The van der Waals surface area contributed by atoms with Crippen LogP contribution in [0.3, 0.4) is 0 Å². The van der Waals surface area contributed by atoms with Gasteiger partial charge in [0, 0.05) is 16.3 Å². The van der Waals surface area contributed by atoms with Gasteiger partial charge in [0.05, 0.1) is 0 Å². The molecule has 0 amide bonds. The second-order valence-electron chi connectivity index (χ2n) is 3.39. The van der Waals surface area contributed by atoms with Crippen LogP contribution >= 0.6 is 11.6 Å². The zero-order chi connectivity index (χ0) is 11.7. The van der Waals surface area contributed by atoms with Crippen molar-refractivity contribution in [1.82, 2.24) is 10.2 Å². The summed E-state index contributed by atoms with van der Waals surface area (Å²) in [6, 6.07) is 6.94. The Balaban J connectivity index is 2.60. The molecule has 0 atom stereocenters. The zero-order valence-electron chi connectivity index (χ0n) is 8.49. The third kappa shape index (κ3) is 1.79. The Kier molecular flexibility index (Phi) is 2.66. The number of nitrogens with zero attached hydrogens (tertiary/aromatic N) is 1. The second-order valence-corrected chi connectivity index (χ2v) is 3.82. The number of carboxylic acid groups (broad SMARTS) is 1. The Bertz CT molecular complexity index is 549. The van der Waals surface area contributed by atoms with E-state index in [9.17, 15) is 4.79 Å². The normalized spacial score (nSPS) is 10.4. The summed E-state index contributed by atoms with van der Waals surface area (Å²) < 4.78 is 0. The van der Waals surface area contributed by atoms with Crippen molar-refractivity contribution in [2.24, 2.45) is 0 Å². The molecule has 16 heavy (non-hydrogen) atoms. The van der Waals surface area contributed by atoms with Gasteiger partial charge >= 0.3 is 5.97 Å². The maximum atomic E-state index is 11.1. The number of nitrogens with one attached hydrogen (secondary N) is 1. The van der Waals surface area contributed by atoms with Gasteiger partial charge in [-0.05, 0) is 19.1 Å². The average molecular weight is 237 g/mol. The molecule has 0 fully saturated rings. The van der Waals surface area contributed by atoms with Crippen LogP contribution in [-0.4, -0.2) is 21.3 Å². The lowest BCUT2D eigenvalue weighted by atomic mass is 10.1. The van der Waals surface area contributed by atoms with Crippen molar-refractivity contribution in [2.45, 2.75) is 6.92 Å². The highest BCUT2D eigenvalue weighted by Crippen LogP contribution is 2.25. The van der Waals surface area contributed by atoms with Crippen molar-refractivity contribution in [1.29, 1.82) is 0 Å².